The van der Waals surface area contributed by atoms with Gasteiger partial charge < -0.3 is 10.1 Å². The van der Waals surface area contributed by atoms with Crippen LogP contribution in [0.3, 0.4) is 0 Å². The van der Waals surface area contributed by atoms with Crippen molar-refractivity contribution in [3.63, 3.8) is 0 Å². The molecular formula is C21H31N5O4S2. The van der Waals surface area contributed by atoms with Crippen molar-refractivity contribution in [2.45, 2.75) is 62.0 Å². The van der Waals surface area contributed by atoms with Gasteiger partial charge in [0.25, 0.3) is 0 Å². The predicted octanol–water partition coefficient (Wildman–Crippen LogP) is 2.74. The number of aryl methyl sites for hydroxylation is 1. The molecule has 1 fully saturated rings. The number of benzene rings is 1. The molecule has 1 aliphatic carbocycles. The second kappa shape index (κ2) is 11.7. The third-order valence-electron chi connectivity index (χ3n) is 5.25. The number of rotatable bonds is 11. The molecule has 1 amide bonds. The lowest BCUT2D eigenvalue weighted by molar-refractivity contribution is -0.121. The Balaban J connectivity index is 1.64. The van der Waals surface area contributed by atoms with Crippen molar-refractivity contribution < 1.29 is 17.9 Å². The Bertz CT molecular complexity index is 972. The maximum Gasteiger partial charge on any atom is 0.243 e. The van der Waals surface area contributed by atoms with Crippen LogP contribution in [0.25, 0.3) is 0 Å². The molecule has 0 bridgehead atoms. The van der Waals surface area contributed by atoms with Crippen molar-refractivity contribution in [3.05, 3.63) is 30.1 Å². The van der Waals surface area contributed by atoms with Gasteiger partial charge >= 0.3 is 0 Å². The Morgan fingerprint density at radius 2 is 1.97 bits per heavy atom. The molecule has 2 aromatic rings. The fourth-order valence-corrected chi connectivity index (χ4v) is 6.05. The molecular weight excluding hydrogens is 450 g/mol. The van der Waals surface area contributed by atoms with Crippen LogP contribution in [-0.4, -0.2) is 65.3 Å². The number of thioether (sulfide) groups is 1. The summed E-state index contributed by atoms with van der Waals surface area (Å²) in [5, 5.41) is 10.3. The normalized spacial score (nSPS) is 15.1. The zero-order valence-corrected chi connectivity index (χ0v) is 20.2. The first-order chi connectivity index (χ1) is 15.4. The molecule has 1 heterocycles. The van der Waals surface area contributed by atoms with E-state index in [2.05, 4.69) is 20.5 Å². The summed E-state index contributed by atoms with van der Waals surface area (Å²) < 4.78 is 33.7. The van der Waals surface area contributed by atoms with Gasteiger partial charge in [-0.15, -0.1) is 5.10 Å². The molecule has 11 heteroatoms. The van der Waals surface area contributed by atoms with E-state index < -0.39 is 10.0 Å². The molecule has 1 aromatic carbocycles. The van der Waals surface area contributed by atoms with E-state index in [9.17, 15) is 13.2 Å². The van der Waals surface area contributed by atoms with Gasteiger partial charge in [-0.3, -0.25) is 9.89 Å². The second-order valence-corrected chi connectivity index (χ2v) is 10.6. The number of aromatic nitrogens is 3. The summed E-state index contributed by atoms with van der Waals surface area (Å²) in [6.07, 6.45) is 4.56. The third-order valence-corrected chi connectivity index (χ3v) is 8.02. The summed E-state index contributed by atoms with van der Waals surface area (Å²) >= 11 is 1.43. The molecule has 9 nitrogen and oxygen atoms in total. The van der Waals surface area contributed by atoms with Gasteiger partial charge in [0.2, 0.25) is 21.1 Å². The fourth-order valence-electron chi connectivity index (χ4n) is 3.71. The van der Waals surface area contributed by atoms with Crippen LogP contribution in [0.5, 0.6) is 5.75 Å². The summed E-state index contributed by atoms with van der Waals surface area (Å²) in [4.78, 5) is 17.0. The molecule has 1 aromatic heterocycles. The van der Waals surface area contributed by atoms with Crippen molar-refractivity contribution in [2.75, 3.05) is 25.4 Å². The van der Waals surface area contributed by atoms with Crippen LogP contribution in [0.1, 0.15) is 44.9 Å². The molecule has 32 heavy (non-hydrogen) atoms. The Morgan fingerprint density at radius 1 is 1.25 bits per heavy atom. The largest absolute Gasteiger partial charge is 0.494 e. The Hall–Kier alpha value is -2.11. The van der Waals surface area contributed by atoms with Gasteiger partial charge in [-0.25, -0.2) is 13.4 Å². The van der Waals surface area contributed by atoms with Crippen molar-refractivity contribution in [1.29, 1.82) is 0 Å². The fraction of sp³-hybridized carbons (Fsp3) is 0.571. The van der Waals surface area contributed by atoms with E-state index in [4.69, 9.17) is 4.74 Å². The molecule has 0 atom stereocenters. The van der Waals surface area contributed by atoms with Gasteiger partial charge in [0.05, 0.1) is 18.0 Å². The summed E-state index contributed by atoms with van der Waals surface area (Å²) in [5.74, 6) is 1.64. The molecule has 0 spiro atoms. The van der Waals surface area contributed by atoms with Gasteiger partial charge in [0.15, 0.2) is 0 Å². The highest BCUT2D eigenvalue weighted by molar-refractivity contribution is 7.99. The molecule has 0 radical (unpaired) electrons. The first kappa shape index (κ1) is 24.5. The monoisotopic (exact) mass is 481 g/mol. The number of ether oxygens (including phenoxy) is 1. The van der Waals surface area contributed by atoms with Gasteiger partial charge in [0.1, 0.15) is 11.6 Å². The molecule has 0 aliphatic heterocycles. The van der Waals surface area contributed by atoms with Crippen LogP contribution in [0, 0.1) is 6.92 Å². The summed E-state index contributed by atoms with van der Waals surface area (Å²) in [7, 11) is -3.81. The maximum absolute atomic E-state index is 13.4. The molecule has 2 N–H and O–H groups in total. The van der Waals surface area contributed by atoms with Crippen molar-refractivity contribution in [3.8, 4) is 5.75 Å². The Morgan fingerprint density at radius 3 is 2.59 bits per heavy atom. The third kappa shape index (κ3) is 6.69. The summed E-state index contributed by atoms with van der Waals surface area (Å²) in [5.41, 5.74) is 0. The first-order valence-electron chi connectivity index (χ1n) is 10.9. The molecule has 0 saturated heterocycles. The highest BCUT2D eigenvalue weighted by Gasteiger charge is 2.33. The SMILES string of the molecule is CCOc1ccc(S(=O)(=O)N(CC(=O)NCCSc2n[nH]c(C)n2)C2CCCCC2)cc1. The number of H-pyrrole nitrogens is 1. The highest BCUT2D eigenvalue weighted by Crippen LogP contribution is 2.28. The number of carbonyl (C=O) groups is 1. The van der Waals surface area contributed by atoms with E-state index in [-0.39, 0.29) is 23.4 Å². The number of sulfonamides is 1. The van der Waals surface area contributed by atoms with E-state index in [1.54, 1.807) is 24.3 Å². The second-order valence-electron chi connectivity index (χ2n) is 7.65. The number of nitrogens with zero attached hydrogens (tertiary/aromatic N) is 3. The van der Waals surface area contributed by atoms with Crippen LogP contribution in [0.2, 0.25) is 0 Å². The Kier molecular flexibility index (Phi) is 8.94. The van der Waals surface area contributed by atoms with Gasteiger partial charge in [-0.05, 0) is 51.0 Å². The molecule has 1 aliphatic rings. The lowest BCUT2D eigenvalue weighted by atomic mass is 9.95. The van der Waals surface area contributed by atoms with Crippen molar-refractivity contribution in [1.82, 2.24) is 24.8 Å². The molecule has 1 saturated carbocycles. The number of hydrogen-bond acceptors (Lipinski definition) is 7. The number of hydrogen-bond donors (Lipinski definition) is 2. The van der Waals surface area contributed by atoms with E-state index in [0.717, 1.165) is 37.9 Å². The lowest BCUT2D eigenvalue weighted by Gasteiger charge is -2.33. The minimum absolute atomic E-state index is 0.170. The number of amides is 1. The quantitative estimate of drug-likeness (QED) is 0.374. The zero-order chi connectivity index (χ0) is 23.0. The van der Waals surface area contributed by atoms with E-state index in [0.29, 0.717) is 29.8 Å². The number of nitrogens with one attached hydrogen (secondary N) is 2. The minimum Gasteiger partial charge on any atom is -0.494 e. The topological polar surface area (TPSA) is 117 Å². The Labute approximate surface area is 193 Å². The molecule has 0 unspecified atom stereocenters. The minimum atomic E-state index is -3.81. The lowest BCUT2D eigenvalue weighted by Crippen LogP contribution is -2.47. The van der Waals surface area contributed by atoms with Crippen LogP contribution in [-0.2, 0) is 14.8 Å². The van der Waals surface area contributed by atoms with Gasteiger partial charge in [-0.1, -0.05) is 31.0 Å². The van der Waals surface area contributed by atoms with Gasteiger partial charge in [-0.2, -0.15) is 4.31 Å². The van der Waals surface area contributed by atoms with E-state index in [1.165, 1.54) is 16.1 Å². The van der Waals surface area contributed by atoms with Gasteiger partial charge in [0, 0.05) is 18.3 Å². The predicted molar refractivity (Wildman–Crippen MR) is 123 cm³/mol. The van der Waals surface area contributed by atoms with Crippen molar-refractivity contribution in [2.24, 2.45) is 0 Å². The van der Waals surface area contributed by atoms with E-state index >= 15 is 0 Å². The highest BCUT2D eigenvalue weighted by atomic mass is 32.2. The van der Waals surface area contributed by atoms with Crippen molar-refractivity contribution >= 4 is 27.7 Å². The summed E-state index contributed by atoms with van der Waals surface area (Å²) in [6.45, 7) is 4.42. The van der Waals surface area contributed by atoms with Crippen LogP contribution in [0.15, 0.2) is 34.3 Å². The number of carbonyl (C=O) groups excluding carboxylic acids is 1. The zero-order valence-electron chi connectivity index (χ0n) is 18.5. The standard InChI is InChI=1S/C21H31N5O4S2/c1-3-30-18-9-11-19(12-10-18)32(28,29)26(17-7-5-4-6-8-17)15-20(27)22-13-14-31-21-23-16(2)24-25-21/h9-12,17H,3-8,13-15H2,1-2H3,(H,22,27)(H,23,24,25). The van der Waals surface area contributed by atoms with Crippen LogP contribution in [0.4, 0.5) is 0 Å². The number of aromatic amines is 1. The maximum atomic E-state index is 13.4. The van der Waals surface area contributed by atoms with Crippen LogP contribution >= 0.6 is 11.8 Å². The average molecular weight is 482 g/mol. The van der Waals surface area contributed by atoms with Crippen LogP contribution < -0.4 is 10.1 Å². The summed E-state index contributed by atoms with van der Waals surface area (Å²) in [6, 6.07) is 6.22. The smallest absolute Gasteiger partial charge is 0.243 e. The molecule has 176 valence electrons. The first-order valence-corrected chi connectivity index (χ1v) is 13.4. The molecule has 3 rings (SSSR count). The average Bonchev–Trinajstić information content (AvgIpc) is 3.21. The van der Waals surface area contributed by atoms with E-state index in [1.807, 2.05) is 13.8 Å².